The first-order chi connectivity index (χ1) is 14.1. The number of carbonyl (C=O) groups is 1. The molecule has 0 radical (unpaired) electrons. The van der Waals surface area contributed by atoms with Crippen LogP contribution in [0, 0.1) is 17.0 Å². The number of benzene rings is 2. The van der Waals surface area contributed by atoms with Gasteiger partial charge in [0.2, 0.25) is 15.9 Å². The van der Waals surface area contributed by atoms with E-state index in [2.05, 4.69) is 5.32 Å². The molecule has 0 aromatic heterocycles. The molecule has 30 heavy (non-hydrogen) atoms. The summed E-state index contributed by atoms with van der Waals surface area (Å²) in [6, 6.07) is 11.6. The standard InChI is InChI=1S/C20H25N3O6S/c1-4-19(20(24)21-12-13-29-18-10-8-15(2)9-11-18)22(30(3,27)28)16-6-5-7-17(14-16)23(25)26/h5-11,14,19H,4,12-13H2,1-3H3,(H,21,24)/t19-/m1/s1. The van der Waals surface area contributed by atoms with E-state index >= 15 is 0 Å². The third-order valence-corrected chi connectivity index (χ3v) is 5.50. The van der Waals surface area contributed by atoms with Crippen molar-refractivity contribution in [1.29, 1.82) is 0 Å². The fourth-order valence-corrected chi connectivity index (χ4v) is 4.10. The van der Waals surface area contributed by atoms with Gasteiger partial charge in [-0.1, -0.05) is 30.7 Å². The minimum Gasteiger partial charge on any atom is -0.492 e. The first-order valence-electron chi connectivity index (χ1n) is 9.34. The van der Waals surface area contributed by atoms with Gasteiger partial charge in [0.15, 0.2) is 0 Å². The first-order valence-corrected chi connectivity index (χ1v) is 11.2. The lowest BCUT2D eigenvalue weighted by molar-refractivity contribution is -0.384. The maximum Gasteiger partial charge on any atom is 0.271 e. The van der Waals surface area contributed by atoms with Crippen LogP contribution in [0.15, 0.2) is 48.5 Å². The minimum absolute atomic E-state index is 0.0598. The predicted molar refractivity (Wildman–Crippen MR) is 114 cm³/mol. The maximum absolute atomic E-state index is 12.7. The zero-order valence-electron chi connectivity index (χ0n) is 17.1. The Hall–Kier alpha value is -3.14. The zero-order valence-corrected chi connectivity index (χ0v) is 17.9. The van der Waals surface area contributed by atoms with E-state index in [4.69, 9.17) is 4.74 Å². The number of amides is 1. The highest BCUT2D eigenvalue weighted by molar-refractivity contribution is 7.92. The molecule has 0 saturated carbocycles. The van der Waals surface area contributed by atoms with Crippen LogP contribution in [0.5, 0.6) is 5.75 Å². The average Bonchev–Trinajstić information content (AvgIpc) is 2.69. The molecule has 2 aromatic rings. The molecule has 0 unspecified atom stereocenters. The third kappa shape index (κ3) is 6.18. The summed E-state index contributed by atoms with van der Waals surface area (Å²) >= 11 is 0. The largest absolute Gasteiger partial charge is 0.492 e. The summed E-state index contributed by atoms with van der Waals surface area (Å²) in [5.41, 5.74) is 0.899. The van der Waals surface area contributed by atoms with Crippen molar-refractivity contribution in [3.63, 3.8) is 0 Å². The van der Waals surface area contributed by atoms with Gasteiger partial charge in [0.05, 0.1) is 23.4 Å². The fourth-order valence-electron chi connectivity index (χ4n) is 2.90. The van der Waals surface area contributed by atoms with Crippen LogP contribution in [0.2, 0.25) is 0 Å². The summed E-state index contributed by atoms with van der Waals surface area (Å²) in [4.78, 5) is 23.1. The third-order valence-electron chi connectivity index (χ3n) is 4.32. The van der Waals surface area contributed by atoms with Gasteiger partial charge in [-0.3, -0.25) is 19.2 Å². The Morgan fingerprint density at radius 2 is 1.90 bits per heavy atom. The number of hydrogen-bond acceptors (Lipinski definition) is 6. The number of non-ortho nitro benzene ring substituents is 1. The molecule has 9 nitrogen and oxygen atoms in total. The summed E-state index contributed by atoms with van der Waals surface area (Å²) in [5.74, 6) is 0.151. The molecule has 1 amide bonds. The summed E-state index contributed by atoms with van der Waals surface area (Å²) in [5, 5.41) is 13.7. The number of hydrogen-bond donors (Lipinski definition) is 1. The van der Waals surface area contributed by atoms with Gasteiger partial charge in [-0.05, 0) is 31.5 Å². The Kier molecular flexibility index (Phi) is 7.76. The van der Waals surface area contributed by atoms with Crippen molar-refractivity contribution in [1.82, 2.24) is 5.32 Å². The molecule has 1 atom stereocenters. The normalized spacial score (nSPS) is 12.1. The zero-order chi connectivity index (χ0) is 22.3. The van der Waals surface area contributed by atoms with Gasteiger partial charge in [0.25, 0.3) is 5.69 Å². The lowest BCUT2D eigenvalue weighted by Gasteiger charge is -2.30. The number of nitrogens with zero attached hydrogens (tertiary/aromatic N) is 2. The number of nitro groups is 1. The van der Waals surface area contributed by atoms with Crippen LogP contribution >= 0.6 is 0 Å². The van der Waals surface area contributed by atoms with Crippen molar-refractivity contribution < 1.29 is 22.9 Å². The van der Waals surface area contributed by atoms with Gasteiger partial charge in [-0.2, -0.15) is 0 Å². The molecule has 1 N–H and O–H groups in total. The van der Waals surface area contributed by atoms with E-state index in [1.165, 1.54) is 18.2 Å². The van der Waals surface area contributed by atoms with Gasteiger partial charge in [-0.25, -0.2) is 8.42 Å². The Balaban J connectivity index is 2.10. The van der Waals surface area contributed by atoms with Crippen LogP contribution in [0.25, 0.3) is 0 Å². The Bertz CT molecular complexity index is 992. The summed E-state index contributed by atoms with van der Waals surface area (Å²) in [7, 11) is -3.88. The van der Waals surface area contributed by atoms with E-state index < -0.39 is 26.9 Å². The molecule has 0 saturated heterocycles. The number of anilines is 1. The maximum atomic E-state index is 12.7. The number of sulfonamides is 1. The van der Waals surface area contributed by atoms with Crippen LogP contribution in [-0.4, -0.2) is 44.7 Å². The molecule has 0 aliphatic rings. The smallest absolute Gasteiger partial charge is 0.271 e. The summed E-state index contributed by atoms with van der Waals surface area (Å²) in [6.45, 7) is 4.02. The molecular formula is C20H25N3O6S. The molecule has 2 rings (SSSR count). The number of rotatable bonds is 10. The second-order valence-corrected chi connectivity index (χ2v) is 8.57. The highest BCUT2D eigenvalue weighted by Crippen LogP contribution is 2.26. The van der Waals surface area contributed by atoms with Crippen molar-refractivity contribution in [2.45, 2.75) is 26.3 Å². The van der Waals surface area contributed by atoms with E-state index in [9.17, 15) is 23.3 Å². The Morgan fingerprint density at radius 3 is 2.47 bits per heavy atom. The van der Waals surface area contributed by atoms with Gasteiger partial charge in [0.1, 0.15) is 18.4 Å². The fraction of sp³-hybridized carbons (Fsp3) is 0.350. The second-order valence-electron chi connectivity index (χ2n) is 6.71. The number of nitro benzene ring substituents is 1. The number of nitrogens with one attached hydrogen (secondary N) is 1. The molecular weight excluding hydrogens is 410 g/mol. The van der Waals surface area contributed by atoms with E-state index in [1.807, 2.05) is 31.2 Å². The van der Waals surface area contributed by atoms with Crippen LogP contribution < -0.4 is 14.4 Å². The van der Waals surface area contributed by atoms with Crippen molar-refractivity contribution in [3.8, 4) is 5.75 Å². The molecule has 0 spiro atoms. The van der Waals surface area contributed by atoms with E-state index in [1.54, 1.807) is 6.92 Å². The van der Waals surface area contributed by atoms with Crippen molar-refractivity contribution in [3.05, 3.63) is 64.2 Å². The predicted octanol–water partition coefficient (Wildman–Crippen LogP) is 2.64. The van der Waals surface area contributed by atoms with Crippen LogP contribution in [0.4, 0.5) is 11.4 Å². The molecule has 10 heteroatoms. The highest BCUT2D eigenvalue weighted by atomic mass is 32.2. The van der Waals surface area contributed by atoms with Gasteiger partial charge >= 0.3 is 0 Å². The van der Waals surface area contributed by atoms with E-state index in [0.29, 0.717) is 5.75 Å². The quantitative estimate of drug-likeness (QED) is 0.348. The lowest BCUT2D eigenvalue weighted by atomic mass is 10.2. The molecule has 162 valence electrons. The SMILES string of the molecule is CC[C@H](C(=O)NCCOc1ccc(C)cc1)N(c1cccc([N+](=O)[O-])c1)S(C)(=O)=O. The molecule has 0 aliphatic carbocycles. The average molecular weight is 436 g/mol. The van der Waals surface area contributed by atoms with Crippen LogP contribution in [0.1, 0.15) is 18.9 Å². The molecule has 2 aromatic carbocycles. The number of aryl methyl sites for hydroxylation is 1. The number of carbonyl (C=O) groups excluding carboxylic acids is 1. The minimum atomic E-state index is -3.88. The van der Waals surface area contributed by atoms with E-state index in [-0.39, 0.29) is 30.9 Å². The Labute approximate surface area is 175 Å². The monoisotopic (exact) mass is 435 g/mol. The van der Waals surface area contributed by atoms with Crippen LogP contribution in [-0.2, 0) is 14.8 Å². The highest BCUT2D eigenvalue weighted by Gasteiger charge is 2.32. The molecule has 0 aliphatic heterocycles. The van der Waals surface area contributed by atoms with Crippen molar-refractivity contribution in [2.24, 2.45) is 0 Å². The first kappa shape index (κ1) is 23.1. The van der Waals surface area contributed by atoms with Crippen molar-refractivity contribution in [2.75, 3.05) is 23.7 Å². The van der Waals surface area contributed by atoms with Crippen LogP contribution in [0.3, 0.4) is 0 Å². The molecule has 0 bridgehead atoms. The lowest BCUT2D eigenvalue weighted by Crippen LogP contribution is -2.50. The summed E-state index contributed by atoms with van der Waals surface area (Å²) < 4.78 is 31.3. The van der Waals surface area contributed by atoms with Gasteiger partial charge < -0.3 is 10.1 Å². The number of ether oxygens (including phenoxy) is 1. The van der Waals surface area contributed by atoms with Gasteiger partial charge in [0, 0.05) is 12.1 Å². The summed E-state index contributed by atoms with van der Waals surface area (Å²) in [6.07, 6.45) is 1.14. The van der Waals surface area contributed by atoms with E-state index in [0.717, 1.165) is 22.2 Å². The Morgan fingerprint density at radius 1 is 1.23 bits per heavy atom. The van der Waals surface area contributed by atoms with Gasteiger partial charge in [-0.15, -0.1) is 0 Å². The second kappa shape index (κ2) is 10.1. The molecule has 0 fully saturated rings. The molecule has 0 heterocycles. The topological polar surface area (TPSA) is 119 Å². The van der Waals surface area contributed by atoms with Crippen molar-refractivity contribution >= 4 is 27.3 Å².